The van der Waals surface area contributed by atoms with E-state index in [1.165, 1.54) is 23.5 Å². The summed E-state index contributed by atoms with van der Waals surface area (Å²) in [5.74, 6) is -0.143. The number of fused-ring (bicyclic) bond motifs is 1. The first-order valence-electron chi connectivity index (χ1n) is 10.1. The number of nitrogens with zero attached hydrogens (tertiary/aromatic N) is 6. The molecule has 2 aliphatic heterocycles. The SMILES string of the molecule is CCN(CCN1CCOCC1)C(=O)OC1c2nccnc2C(=O)N1c1ccc(Cl)cn1. The number of amides is 2. The quantitative estimate of drug-likeness (QED) is 0.663. The van der Waals surface area contributed by atoms with E-state index in [-0.39, 0.29) is 11.4 Å². The molecular formula is C20H23ClN6O4. The van der Waals surface area contributed by atoms with Gasteiger partial charge in [0.15, 0.2) is 5.69 Å². The van der Waals surface area contributed by atoms with Crippen molar-refractivity contribution < 1.29 is 19.1 Å². The van der Waals surface area contributed by atoms with Crippen LogP contribution in [0.25, 0.3) is 0 Å². The zero-order valence-electron chi connectivity index (χ0n) is 17.1. The minimum atomic E-state index is -1.06. The number of pyridine rings is 1. The van der Waals surface area contributed by atoms with E-state index >= 15 is 0 Å². The Morgan fingerprint density at radius 1 is 1.26 bits per heavy atom. The number of carbonyl (C=O) groups is 2. The fourth-order valence-corrected chi connectivity index (χ4v) is 3.63. The first kappa shape index (κ1) is 21.4. The summed E-state index contributed by atoms with van der Waals surface area (Å²) in [5.41, 5.74) is 0.412. The standard InChI is InChI=1S/C20H23ClN6O4/c1-2-26(8-7-25-9-11-30-12-10-25)20(29)31-19-17-16(22-5-6-23-17)18(28)27(19)15-4-3-14(21)13-24-15/h3-6,13,19H,2,7-12H2,1H3. The van der Waals surface area contributed by atoms with Crippen molar-refractivity contribution in [1.82, 2.24) is 24.8 Å². The Labute approximate surface area is 184 Å². The van der Waals surface area contributed by atoms with Gasteiger partial charge in [0.05, 0.1) is 18.2 Å². The maximum atomic E-state index is 13.0. The largest absolute Gasteiger partial charge is 0.419 e. The van der Waals surface area contributed by atoms with Crippen LogP contribution in [0.1, 0.15) is 29.3 Å². The highest BCUT2D eigenvalue weighted by atomic mass is 35.5. The van der Waals surface area contributed by atoms with Gasteiger partial charge in [-0.15, -0.1) is 0 Å². The number of carbonyl (C=O) groups excluding carboxylic acids is 2. The highest BCUT2D eigenvalue weighted by molar-refractivity contribution is 6.30. The highest BCUT2D eigenvalue weighted by Crippen LogP contribution is 2.35. The van der Waals surface area contributed by atoms with E-state index in [4.69, 9.17) is 21.1 Å². The molecule has 2 aromatic rings. The third kappa shape index (κ3) is 4.60. The van der Waals surface area contributed by atoms with Crippen LogP contribution in [0.5, 0.6) is 0 Å². The highest BCUT2D eigenvalue weighted by Gasteiger charge is 2.44. The lowest BCUT2D eigenvalue weighted by atomic mass is 10.3. The van der Waals surface area contributed by atoms with E-state index in [1.807, 2.05) is 6.92 Å². The van der Waals surface area contributed by atoms with Crippen molar-refractivity contribution in [2.45, 2.75) is 13.2 Å². The molecule has 2 amide bonds. The monoisotopic (exact) mass is 446 g/mol. The van der Waals surface area contributed by atoms with E-state index in [0.717, 1.165) is 19.6 Å². The number of hydrogen-bond acceptors (Lipinski definition) is 8. The lowest BCUT2D eigenvalue weighted by Gasteiger charge is -2.30. The van der Waals surface area contributed by atoms with Crippen molar-refractivity contribution >= 4 is 29.4 Å². The molecule has 0 radical (unpaired) electrons. The van der Waals surface area contributed by atoms with Crippen LogP contribution in [-0.2, 0) is 9.47 Å². The van der Waals surface area contributed by atoms with E-state index in [9.17, 15) is 9.59 Å². The summed E-state index contributed by atoms with van der Waals surface area (Å²) in [7, 11) is 0. The molecule has 0 aliphatic carbocycles. The maximum Gasteiger partial charge on any atom is 0.412 e. The molecule has 164 valence electrons. The Bertz CT molecular complexity index is 938. The predicted octanol–water partition coefficient (Wildman–Crippen LogP) is 1.97. The summed E-state index contributed by atoms with van der Waals surface area (Å²) in [5, 5.41) is 0.429. The smallest absolute Gasteiger partial charge is 0.412 e. The third-order valence-electron chi connectivity index (χ3n) is 5.22. The molecule has 1 fully saturated rings. The summed E-state index contributed by atoms with van der Waals surface area (Å²) in [6, 6.07) is 3.20. The van der Waals surface area contributed by atoms with Crippen LogP contribution in [0.15, 0.2) is 30.7 Å². The number of morpholine rings is 1. The van der Waals surface area contributed by atoms with Crippen LogP contribution in [0.2, 0.25) is 5.02 Å². The molecule has 1 unspecified atom stereocenters. The van der Waals surface area contributed by atoms with Gasteiger partial charge in [-0.25, -0.2) is 19.7 Å². The normalized spacial score (nSPS) is 18.7. The van der Waals surface area contributed by atoms with Gasteiger partial charge in [0.2, 0.25) is 6.23 Å². The number of ether oxygens (including phenoxy) is 2. The number of hydrogen-bond donors (Lipinski definition) is 0. The predicted molar refractivity (Wildman–Crippen MR) is 112 cm³/mol. The number of halogens is 1. The Hall–Kier alpha value is -2.82. The van der Waals surface area contributed by atoms with Crippen LogP contribution in [0.4, 0.5) is 10.6 Å². The summed E-state index contributed by atoms with van der Waals surface area (Å²) >= 11 is 5.93. The number of anilines is 1. The zero-order chi connectivity index (χ0) is 21.8. The van der Waals surface area contributed by atoms with Crippen molar-refractivity contribution in [1.29, 1.82) is 0 Å². The summed E-state index contributed by atoms with van der Waals surface area (Å²) < 4.78 is 11.1. The molecule has 0 bridgehead atoms. The number of aromatic nitrogens is 3. The molecule has 31 heavy (non-hydrogen) atoms. The van der Waals surface area contributed by atoms with Crippen molar-refractivity contribution in [3.8, 4) is 0 Å². The molecule has 0 spiro atoms. The molecule has 2 aliphatic rings. The molecule has 0 aromatic carbocycles. The lowest BCUT2D eigenvalue weighted by molar-refractivity contribution is 0.0287. The zero-order valence-corrected chi connectivity index (χ0v) is 17.9. The molecule has 4 rings (SSSR count). The van der Waals surface area contributed by atoms with Crippen LogP contribution in [-0.4, -0.2) is 82.7 Å². The van der Waals surface area contributed by atoms with Gasteiger partial charge in [0, 0.05) is 51.3 Å². The Morgan fingerprint density at radius 3 is 2.74 bits per heavy atom. The van der Waals surface area contributed by atoms with Crippen LogP contribution in [0, 0.1) is 0 Å². The van der Waals surface area contributed by atoms with Crippen molar-refractivity contribution in [3.63, 3.8) is 0 Å². The van der Waals surface area contributed by atoms with Gasteiger partial charge in [-0.05, 0) is 19.1 Å². The molecule has 2 aromatic heterocycles. The minimum absolute atomic E-state index is 0.133. The van der Waals surface area contributed by atoms with Gasteiger partial charge in [-0.1, -0.05) is 11.6 Å². The van der Waals surface area contributed by atoms with E-state index in [0.29, 0.717) is 37.1 Å². The molecular weight excluding hydrogens is 424 g/mol. The van der Waals surface area contributed by atoms with Gasteiger partial charge in [-0.2, -0.15) is 0 Å². The minimum Gasteiger partial charge on any atom is -0.419 e. The van der Waals surface area contributed by atoms with Crippen LogP contribution in [0.3, 0.4) is 0 Å². The van der Waals surface area contributed by atoms with Gasteiger partial charge >= 0.3 is 6.09 Å². The van der Waals surface area contributed by atoms with E-state index in [1.54, 1.807) is 17.0 Å². The van der Waals surface area contributed by atoms with E-state index < -0.39 is 18.2 Å². The third-order valence-corrected chi connectivity index (χ3v) is 5.44. The fraction of sp³-hybridized carbons (Fsp3) is 0.450. The average Bonchev–Trinajstić information content (AvgIpc) is 3.07. The first-order chi connectivity index (χ1) is 15.1. The second-order valence-electron chi connectivity index (χ2n) is 7.07. The molecule has 1 atom stereocenters. The fourth-order valence-electron chi connectivity index (χ4n) is 3.52. The molecule has 0 N–H and O–H groups in total. The number of rotatable bonds is 6. The summed E-state index contributed by atoms with van der Waals surface area (Å²) in [6.07, 6.45) is 2.71. The Balaban J connectivity index is 1.52. The summed E-state index contributed by atoms with van der Waals surface area (Å²) in [4.78, 5) is 43.6. The Kier molecular flexibility index (Phi) is 6.59. The topological polar surface area (TPSA) is 101 Å². The molecule has 11 heteroatoms. The molecule has 4 heterocycles. The van der Waals surface area contributed by atoms with Crippen LogP contribution < -0.4 is 4.90 Å². The van der Waals surface area contributed by atoms with Gasteiger partial charge < -0.3 is 14.4 Å². The van der Waals surface area contributed by atoms with Gasteiger partial charge in [0.1, 0.15) is 11.5 Å². The van der Waals surface area contributed by atoms with Crippen molar-refractivity contribution in [2.24, 2.45) is 0 Å². The second kappa shape index (κ2) is 9.54. The number of likely N-dealkylation sites (N-methyl/N-ethyl adjacent to an activating group) is 1. The maximum absolute atomic E-state index is 13.0. The molecule has 10 nitrogen and oxygen atoms in total. The van der Waals surface area contributed by atoms with Crippen LogP contribution >= 0.6 is 11.6 Å². The van der Waals surface area contributed by atoms with Gasteiger partial charge in [0.25, 0.3) is 5.91 Å². The van der Waals surface area contributed by atoms with Gasteiger partial charge in [-0.3, -0.25) is 14.7 Å². The molecule has 0 saturated carbocycles. The first-order valence-corrected chi connectivity index (χ1v) is 10.5. The van der Waals surface area contributed by atoms with E-state index in [2.05, 4.69) is 19.9 Å². The second-order valence-corrected chi connectivity index (χ2v) is 7.51. The summed E-state index contributed by atoms with van der Waals surface area (Å²) in [6.45, 7) is 6.63. The van der Waals surface area contributed by atoms with Crippen molar-refractivity contribution in [3.05, 3.63) is 47.1 Å². The molecule has 1 saturated heterocycles. The average molecular weight is 447 g/mol. The Morgan fingerprint density at radius 2 is 2.03 bits per heavy atom. The van der Waals surface area contributed by atoms with Crippen molar-refractivity contribution in [2.75, 3.05) is 50.8 Å². The lowest BCUT2D eigenvalue weighted by Crippen LogP contribution is -2.44.